The molecule has 2 unspecified atom stereocenters. The molecular formula is C22H26N2O3. The fourth-order valence-corrected chi connectivity index (χ4v) is 3.12. The maximum atomic E-state index is 12.4. The standard InChI is InChI=1S/C22H26N2O3/c1-14-4-5-15(2)20(12-14)24-22(26)19-13-18(19)21(25)23-11-10-16-6-8-17(27-3)9-7-16/h4-9,12,18-19H,10-11,13H2,1-3H3,(H,23,25)(H,24,26). The van der Waals surface area contributed by atoms with E-state index >= 15 is 0 Å². The second-order valence-electron chi connectivity index (χ2n) is 7.15. The Balaban J connectivity index is 1.44. The van der Waals surface area contributed by atoms with E-state index in [-0.39, 0.29) is 23.7 Å². The Kier molecular flexibility index (Phi) is 5.79. The number of hydrogen-bond acceptors (Lipinski definition) is 3. The van der Waals surface area contributed by atoms with E-state index < -0.39 is 0 Å². The SMILES string of the molecule is COc1ccc(CCNC(=O)C2CC2C(=O)Nc2cc(C)ccc2C)cc1. The number of carbonyl (C=O) groups is 2. The lowest BCUT2D eigenvalue weighted by Crippen LogP contribution is -2.29. The maximum absolute atomic E-state index is 12.4. The zero-order valence-corrected chi connectivity index (χ0v) is 16.0. The van der Waals surface area contributed by atoms with Gasteiger partial charge in [-0.1, -0.05) is 24.3 Å². The minimum Gasteiger partial charge on any atom is -0.497 e. The minimum atomic E-state index is -0.231. The average molecular weight is 366 g/mol. The van der Waals surface area contributed by atoms with E-state index in [0.29, 0.717) is 13.0 Å². The zero-order chi connectivity index (χ0) is 19.4. The van der Waals surface area contributed by atoms with Gasteiger partial charge in [-0.25, -0.2) is 0 Å². The van der Waals surface area contributed by atoms with Crippen LogP contribution in [0.1, 0.15) is 23.1 Å². The third-order valence-electron chi connectivity index (χ3n) is 4.99. The highest BCUT2D eigenvalue weighted by Crippen LogP contribution is 2.39. The molecule has 1 aliphatic rings. The van der Waals surface area contributed by atoms with Crippen LogP contribution in [0, 0.1) is 25.7 Å². The molecule has 2 aromatic rings. The first-order valence-corrected chi connectivity index (χ1v) is 9.26. The molecule has 0 bridgehead atoms. The summed E-state index contributed by atoms with van der Waals surface area (Å²) in [6.07, 6.45) is 1.37. The number of amides is 2. The molecule has 142 valence electrons. The van der Waals surface area contributed by atoms with E-state index in [0.717, 1.165) is 34.5 Å². The first-order valence-electron chi connectivity index (χ1n) is 9.26. The van der Waals surface area contributed by atoms with E-state index in [4.69, 9.17) is 4.74 Å². The van der Waals surface area contributed by atoms with Crippen LogP contribution in [0.3, 0.4) is 0 Å². The normalized spacial score (nSPS) is 17.9. The lowest BCUT2D eigenvalue weighted by Gasteiger charge is -2.09. The second-order valence-corrected chi connectivity index (χ2v) is 7.15. The minimum absolute atomic E-state index is 0.0374. The molecule has 1 fully saturated rings. The van der Waals surface area contributed by atoms with Crippen LogP contribution in [-0.2, 0) is 16.0 Å². The molecule has 2 N–H and O–H groups in total. The molecule has 0 spiro atoms. The first-order chi connectivity index (χ1) is 13.0. The van der Waals surface area contributed by atoms with Crippen LogP contribution in [0.25, 0.3) is 0 Å². The van der Waals surface area contributed by atoms with Crippen molar-refractivity contribution < 1.29 is 14.3 Å². The molecule has 0 aliphatic heterocycles. The fourth-order valence-electron chi connectivity index (χ4n) is 3.12. The lowest BCUT2D eigenvalue weighted by molar-refractivity contribution is -0.125. The lowest BCUT2D eigenvalue weighted by atomic mass is 10.1. The molecular weight excluding hydrogens is 340 g/mol. The van der Waals surface area contributed by atoms with E-state index in [1.54, 1.807) is 7.11 Å². The van der Waals surface area contributed by atoms with Crippen molar-refractivity contribution in [2.24, 2.45) is 11.8 Å². The molecule has 5 nitrogen and oxygen atoms in total. The van der Waals surface area contributed by atoms with Gasteiger partial charge in [-0.15, -0.1) is 0 Å². The van der Waals surface area contributed by atoms with Crippen LogP contribution in [0.5, 0.6) is 5.75 Å². The van der Waals surface area contributed by atoms with Gasteiger partial charge in [0.15, 0.2) is 0 Å². The average Bonchev–Trinajstić information content (AvgIpc) is 3.46. The Morgan fingerprint density at radius 1 is 1.04 bits per heavy atom. The summed E-state index contributed by atoms with van der Waals surface area (Å²) in [5.74, 6) is 0.263. The third-order valence-corrected chi connectivity index (χ3v) is 4.99. The van der Waals surface area contributed by atoms with Crippen LogP contribution in [0.2, 0.25) is 0 Å². The second kappa shape index (κ2) is 8.25. The van der Waals surface area contributed by atoms with E-state index in [1.807, 2.05) is 56.3 Å². The Labute approximate surface area is 160 Å². The Morgan fingerprint density at radius 2 is 1.74 bits per heavy atom. The topological polar surface area (TPSA) is 67.4 Å². The Bertz CT molecular complexity index is 830. The van der Waals surface area contributed by atoms with Gasteiger partial charge < -0.3 is 15.4 Å². The first kappa shape index (κ1) is 19.0. The fraction of sp³-hybridized carbons (Fsp3) is 0.364. The van der Waals surface area contributed by atoms with Crippen molar-refractivity contribution in [1.29, 1.82) is 0 Å². The summed E-state index contributed by atoms with van der Waals surface area (Å²) < 4.78 is 5.13. The Hall–Kier alpha value is -2.82. The largest absolute Gasteiger partial charge is 0.497 e. The monoisotopic (exact) mass is 366 g/mol. The predicted molar refractivity (Wildman–Crippen MR) is 106 cm³/mol. The number of aryl methyl sites for hydroxylation is 2. The predicted octanol–water partition coefficient (Wildman–Crippen LogP) is 3.25. The van der Waals surface area contributed by atoms with Gasteiger partial charge in [0.25, 0.3) is 0 Å². The molecule has 1 aliphatic carbocycles. The summed E-state index contributed by atoms with van der Waals surface area (Å²) in [5, 5.41) is 5.90. The van der Waals surface area contributed by atoms with Crippen molar-refractivity contribution in [3.63, 3.8) is 0 Å². The van der Waals surface area contributed by atoms with Crippen LogP contribution >= 0.6 is 0 Å². The quantitative estimate of drug-likeness (QED) is 0.790. The highest BCUT2D eigenvalue weighted by Gasteiger charge is 2.47. The molecule has 0 radical (unpaired) electrons. The van der Waals surface area contributed by atoms with Crippen molar-refractivity contribution >= 4 is 17.5 Å². The van der Waals surface area contributed by atoms with Gasteiger partial charge in [-0.2, -0.15) is 0 Å². The maximum Gasteiger partial charge on any atom is 0.228 e. The molecule has 2 atom stereocenters. The van der Waals surface area contributed by atoms with Gasteiger partial charge in [0.2, 0.25) is 11.8 Å². The van der Waals surface area contributed by atoms with E-state index in [1.165, 1.54) is 0 Å². The van der Waals surface area contributed by atoms with E-state index in [9.17, 15) is 9.59 Å². The molecule has 3 rings (SSSR count). The highest BCUT2D eigenvalue weighted by molar-refractivity contribution is 5.99. The molecule has 0 heterocycles. The summed E-state index contributed by atoms with van der Waals surface area (Å²) in [5.41, 5.74) is 4.08. The molecule has 2 aromatic carbocycles. The van der Waals surface area contributed by atoms with Crippen LogP contribution in [-0.4, -0.2) is 25.5 Å². The van der Waals surface area contributed by atoms with Gasteiger partial charge in [-0.05, 0) is 61.6 Å². The van der Waals surface area contributed by atoms with Gasteiger partial charge in [0, 0.05) is 12.2 Å². The third kappa shape index (κ3) is 4.88. The highest BCUT2D eigenvalue weighted by atomic mass is 16.5. The molecule has 5 heteroatoms. The van der Waals surface area contributed by atoms with Crippen molar-refractivity contribution in [3.05, 3.63) is 59.2 Å². The molecule has 2 amide bonds. The number of anilines is 1. The van der Waals surface area contributed by atoms with Crippen LogP contribution < -0.4 is 15.4 Å². The van der Waals surface area contributed by atoms with Crippen molar-refractivity contribution in [1.82, 2.24) is 5.32 Å². The van der Waals surface area contributed by atoms with Gasteiger partial charge >= 0.3 is 0 Å². The molecule has 27 heavy (non-hydrogen) atoms. The van der Waals surface area contributed by atoms with Gasteiger partial charge in [0.1, 0.15) is 5.75 Å². The summed E-state index contributed by atoms with van der Waals surface area (Å²) in [6, 6.07) is 13.8. The van der Waals surface area contributed by atoms with Crippen molar-refractivity contribution in [2.75, 3.05) is 19.0 Å². The van der Waals surface area contributed by atoms with Gasteiger partial charge in [-0.3, -0.25) is 9.59 Å². The summed E-state index contributed by atoms with van der Waals surface area (Å²) in [7, 11) is 1.64. The number of methoxy groups -OCH3 is 1. The smallest absolute Gasteiger partial charge is 0.228 e. The molecule has 1 saturated carbocycles. The van der Waals surface area contributed by atoms with Crippen LogP contribution in [0.15, 0.2) is 42.5 Å². The summed E-state index contributed by atoms with van der Waals surface area (Å²) in [6.45, 7) is 4.52. The summed E-state index contributed by atoms with van der Waals surface area (Å²) >= 11 is 0. The number of benzene rings is 2. The molecule has 0 aromatic heterocycles. The van der Waals surface area contributed by atoms with E-state index in [2.05, 4.69) is 10.6 Å². The molecule has 0 saturated heterocycles. The van der Waals surface area contributed by atoms with Crippen LogP contribution in [0.4, 0.5) is 5.69 Å². The number of ether oxygens (including phenoxy) is 1. The van der Waals surface area contributed by atoms with Crippen molar-refractivity contribution in [3.8, 4) is 5.75 Å². The number of rotatable bonds is 7. The number of hydrogen-bond donors (Lipinski definition) is 2. The zero-order valence-electron chi connectivity index (χ0n) is 16.0. The number of carbonyl (C=O) groups excluding carboxylic acids is 2. The summed E-state index contributed by atoms with van der Waals surface area (Å²) in [4.78, 5) is 24.7. The van der Waals surface area contributed by atoms with Crippen molar-refractivity contribution in [2.45, 2.75) is 26.7 Å². The number of nitrogens with one attached hydrogen (secondary N) is 2. The van der Waals surface area contributed by atoms with Gasteiger partial charge in [0.05, 0.1) is 18.9 Å². The Morgan fingerprint density at radius 3 is 2.44 bits per heavy atom.